The lowest BCUT2D eigenvalue weighted by Crippen LogP contribution is -2.34. The first-order valence-electron chi connectivity index (χ1n) is 5.81. The fourth-order valence-electron chi connectivity index (χ4n) is 1.46. The number of benzene rings is 1. The molecule has 0 spiro atoms. The Morgan fingerprint density at radius 2 is 1.84 bits per heavy atom. The van der Waals surface area contributed by atoms with Crippen LogP contribution in [0.1, 0.15) is 5.56 Å². The average Bonchev–Trinajstić information content (AvgIpc) is 2.40. The maximum absolute atomic E-state index is 11.9. The van der Waals surface area contributed by atoms with Crippen LogP contribution in [0.3, 0.4) is 0 Å². The van der Waals surface area contributed by atoms with Crippen LogP contribution in [-0.4, -0.2) is 46.9 Å². The Balaban J connectivity index is 2.78. The van der Waals surface area contributed by atoms with Gasteiger partial charge in [0.1, 0.15) is 0 Å². The van der Waals surface area contributed by atoms with E-state index in [1.807, 2.05) is 0 Å². The smallest absolute Gasteiger partial charge is 0.242 e. The minimum Gasteiger partial charge on any atom is -0.359 e. The molecule has 0 aliphatic heterocycles. The molecule has 0 bridgehead atoms. The normalized spacial score (nSPS) is 12.6. The number of nitrogens with zero attached hydrogens (tertiary/aromatic N) is 2. The third-order valence-electron chi connectivity index (χ3n) is 2.62. The molecular formula is C12H20N4O2S. The summed E-state index contributed by atoms with van der Waals surface area (Å²) >= 11 is 0. The van der Waals surface area contributed by atoms with Gasteiger partial charge in [-0.25, -0.2) is 12.7 Å². The SMILES string of the molecule is CN=C(NC)NCc1ccc(S(=O)(=O)N(C)C)cc1. The molecule has 2 N–H and O–H groups in total. The Morgan fingerprint density at radius 1 is 1.26 bits per heavy atom. The van der Waals surface area contributed by atoms with Gasteiger partial charge in [0, 0.05) is 34.7 Å². The first-order valence-corrected chi connectivity index (χ1v) is 7.25. The molecule has 0 heterocycles. The van der Waals surface area contributed by atoms with E-state index in [0.717, 1.165) is 5.56 Å². The van der Waals surface area contributed by atoms with Gasteiger partial charge in [-0.2, -0.15) is 0 Å². The van der Waals surface area contributed by atoms with Gasteiger partial charge in [-0.15, -0.1) is 0 Å². The fourth-order valence-corrected chi connectivity index (χ4v) is 2.36. The summed E-state index contributed by atoms with van der Waals surface area (Å²) in [4.78, 5) is 4.28. The Labute approximate surface area is 114 Å². The molecular weight excluding hydrogens is 264 g/mol. The van der Waals surface area contributed by atoms with Crippen molar-refractivity contribution in [3.8, 4) is 0 Å². The van der Waals surface area contributed by atoms with Crippen LogP contribution in [0.2, 0.25) is 0 Å². The number of hydrogen-bond donors (Lipinski definition) is 2. The summed E-state index contributed by atoms with van der Waals surface area (Å²) in [5.41, 5.74) is 0.981. The van der Waals surface area contributed by atoms with E-state index in [2.05, 4.69) is 15.6 Å². The average molecular weight is 284 g/mol. The van der Waals surface area contributed by atoms with Crippen molar-refractivity contribution < 1.29 is 8.42 Å². The second-order valence-electron chi connectivity index (χ2n) is 4.11. The third kappa shape index (κ3) is 3.93. The zero-order valence-electron chi connectivity index (χ0n) is 11.6. The number of nitrogens with one attached hydrogen (secondary N) is 2. The van der Waals surface area contributed by atoms with Crippen LogP contribution in [-0.2, 0) is 16.6 Å². The van der Waals surface area contributed by atoms with Crippen molar-refractivity contribution in [2.75, 3.05) is 28.2 Å². The van der Waals surface area contributed by atoms with Crippen LogP contribution in [0.4, 0.5) is 0 Å². The molecule has 0 saturated carbocycles. The summed E-state index contributed by atoms with van der Waals surface area (Å²) in [6.45, 7) is 0.579. The fraction of sp³-hybridized carbons (Fsp3) is 0.417. The molecule has 0 aliphatic carbocycles. The van der Waals surface area contributed by atoms with E-state index in [1.54, 1.807) is 38.4 Å². The van der Waals surface area contributed by atoms with Crippen molar-refractivity contribution in [3.63, 3.8) is 0 Å². The molecule has 0 fully saturated rings. The number of rotatable bonds is 4. The minimum absolute atomic E-state index is 0.291. The topological polar surface area (TPSA) is 73.8 Å². The molecule has 106 valence electrons. The molecule has 0 saturated heterocycles. The van der Waals surface area contributed by atoms with E-state index in [-0.39, 0.29) is 0 Å². The first kappa shape index (κ1) is 15.5. The van der Waals surface area contributed by atoms with Gasteiger partial charge in [0.25, 0.3) is 0 Å². The Kier molecular flexibility index (Phi) is 5.31. The van der Waals surface area contributed by atoms with Crippen LogP contribution >= 0.6 is 0 Å². The molecule has 7 heteroatoms. The summed E-state index contributed by atoms with van der Waals surface area (Å²) in [6, 6.07) is 6.78. The summed E-state index contributed by atoms with van der Waals surface area (Å²) in [7, 11) is 3.14. The van der Waals surface area contributed by atoms with Crippen molar-refractivity contribution in [2.24, 2.45) is 4.99 Å². The lowest BCUT2D eigenvalue weighted by atomic mass is 10.2. The van der Waals surface area contributed by atoms with E-state index in [1.165, 1.54) is 18.4 Å². The summed E-state index contributed by atoms with van der Waals surface area (Å²) in [6.07, 6.45) is 0. The van der Waals surface area contributed by atoms with E-state index < -0.39 is 10.0 Å². The molecule has 6 nitrogen and oxygen atoms in total. The zero-order chi connectivity index (χ0) is 14.5. The predicted octanol–water partition coefficient (Wildman–Crippen LogP) is 0.232. The number of guanidine groups is 1. The molecule has 0 unspecified atom stereocenters. The molecule has 0 radical (unpaired) electrons. The predicted molar refractivity (Wildman–Crippen MR) is 76.6 cm³/mol. The van der Waals surface area contributed by atoms with Gasteiger partial charge in [0.05, 0.1) is 4.90 Å². The van der Waals surface area contributed by atoms with Gasteiger partial charge in [0.2, 0.25) is 10.0 Å². The molecule has 0 aromatic heterocycles. The largest absolute Gasteiger partial charge is 0.359 e. The molecule has 1 aromatic carbocycles. The van der Waals surface area contributed by atoms with Crippen molar-refractivity contribution in [3.05, 3.63) is 29.8 Å². The zero-order valence-corrected chi connectivity index (χ0v) is 12.5. The lowest BCUT2D eigenvalue weighted by molar-refractivity contribution is 0.520. The van der Waals surface area contributed by atoms with Gasteiger partial charge in [0.15, 0.2) is 5.96 Å². The second kappa shape index (κ2) is 6.53. The number of aliphatic imine (C=N–C) groups is 1. The van der Waals surface area contributed by atoms with E-state index in [0.29, 0.717) is 17.4 Å². The van der Waals surface area contributed by atoms with E-state index in [4.69, 9.17) is 0 Å². The maximum Gasteiger partial charge on any atom is 0.242 e. The Morgan fingerprint density at radius 3 is 2.26 bits per heavy atom. The van der Waals surface area contributed by atoms with Crippen LogP contribution in [0.15, 0.2) is 34.2 Å². The van der Waals surface area contributed by atoms with Crippen molar-refractivity contribution in [1.82, 2.24) is 14.9 Å². The Bertz CT molecular complexity index is 535. The standard InChI is InChI=1S/C12H20N4O2S/c1-13-12(14-2)15-9-10-5-7-11(8-6-10)19(17,18)16(3)4/h5-8H,9H2,1-4H3,(H2,13,14,15). The van der Waals surface area contributed by atoms with Crippen LogP contribution < -0.4 is 10.6 Å². The quantitative estimate of drug-likeness (QED) is 0.613. The third-order valence-corrected chi connectivity index (χ3v) is 4.45. The molecule has 1 rings (SSSR count). The van der Waals surface area contributed by atoms with Gasteiger partial charge in [-0.1, -0.05) is 12.1 Å². The number of hydrogen-bond acceptors (Lipinski definition) is 3. The van der Waals surface area contributed by atoms with Crippen molar-refractivity contribution >= 4 is 16.0 Å². The highest BCUT2D eigenvalue weighted by molar-refractivity contribution is 7.89. The van der Waals surface area contributed by atoms with Gasteiger partial charge < -0.3 is 10.6 Å². The highest BCUT2D eigenvalue weighted by Gasteiger charge is 2.16. The van der Waals surface area contributed by atoms with E-state index >= 15 is 0 Å². The summed E-state index contributed by atoms with van der Waals surface area (Å²) in [5.74, 6) is 0.685. The van der Waals surface area contributed by atoms with Crippen LogP contribution in [0, 0.1) is 0 Å². The molecule has 0 atom stereocenters. The monoisotopic (exact) mass is 284 g/mol. The first-order chi connectivity index (χ1) is 8.91. The number of sulfonamides is 1. The highest BCUT2D eigenvalue weighted by atomic mass is 32.2. The van der Waals surface area contributed by atoms with Crippen molar-refractivity contribution in [1.29, 1.82) is 0 Å². The van der Waals surface area contributed by atoms with Crippen molar-refractivity contribution in [2.45, 2.75) is 11.4 Å². The van der Waals surface area contributed by atoms with Gasteiger partial charge >= 0.3 is 0 Å². The highest BCUT2D eigenvalue weighted by Crippen LogP contribution is 2.13. The van der Waals surface area contributed by atoms with E-state index in [9.17, 15) is 8.42 Å². The van der Waals surface area contributed by atoms with Crippen LogP contribution in [0.25, 0.3) is 0 Å². The molecule has 0 aliphatic rings. The molecule has 1 aromatic rings. The summed E-state index contributed by atoms with van der Waals surface area (Å²) in [5, 5.41) is 6.00. The second-order valence-corrected chi connectivity index (χ2v) is 6.26. The van der Waals surface area contributed by atoms with Gasteiger partial charge in [-0.3, -0.25) is 4.99 Å². The summed E-state index contributed by atoms with van der Waals surface area (Å²) < 4.78 is 25.0. The lowest BCUT2D eigenvalue weighted by Gasteiger charge is -2.12. The van der Waals surface area contributed by atoms with Gasteiger partial charge in [-0.05, 0) is 17.7 Å². The maximum atomic E-state index is 11.9. The van der Waals surface area contributed by atoms with Crippen LogP contribution in [0.5, 0.6) is 0 Å². The molecule has 0 amide bonds. The molecule has 19 heavy (non-hydrogen) atoms. The minimum atomic E-state index is -3.36. The Hall–Kier alpha value is -1.60.